The van der Waals surface area contributed by atoms with E-state index >= 15 is 0 Å². The van der Waals surface area contributed by atoms with Crippen LogP contribution in [0.15, 0.2) is 60.1 Å². The average molecular weight is 896 g/mol. The van der Waals surface area contributed by atoms with E-state index in [2.05, 4.69) is 39.0 Å². The van der Waals surface area contributed by atoms with Gasteiger partial charge in [-0.15, -0.1) is 36.0 Å². The Labute approximate surface area is 272 Å². The van der Waals surface area contributed by atoms with Crippen LogP contribution in [0.1, 0.15) is 22.3 Å². The molecular formula is C23H28Ac2ClN5S-2. The van der Waals surface area contributed by atoms with Crippen molar-refractivity contribution in [3.63, 3.8) is 0 Å². The van der Waals surface area contributed by atoms with E-state index in [1.165, 1.54) is 5.56 Å². The van der Waals surface area contributed by atoms with Crippen LogP contribution in [-0.4, -0.2) is 36.1 Å². The van der Waals surface area contributed by atoms with Gasteiger partial charge in [-0.25, -0.2) is 4.98 Å². The van der Waals surface area contributed by atoms with E-state index < -0.39 is 0 Å². The molecule has 0 unspecified atom stereocenters. The molecule has 0 bridgehead atoms. The molecule has 1 fully saturated rings. The van der Waals surface area contributed by atoms with Crippen LogP contribution in [0.2, 0.25) is 0 Å². The summed E-state index contributed by atoms with van der Waals surface area (Å²) in [5, 5.41) is 3.18. The van der Waals surface area contributed by atoms with Crippen molar-refractivity contribution >= 4 is 28.1 Å². The second-order valence-corrected chi connectivity index (χ2v) is 8.34. The molecular weight excluding hydrogens is 868 g/mol. The quantitative estimate of drug-likeness (QED) is 0.286. The number of nitrogens with zero attached hydrogens (tertiary/aromatic N) is 3. The maximum atomic E-state index is 7.34. The van der Waals surface area contributed by atoms with Gasteiger partial charge in [-0.05, 0) is 11.1 Å². The smallest absolute Gasteiger partial charge is 0.185 e. The van der Waals surface area contributed by atoms with Crippen LogP contribution in [0, 0.1) is 88.1 Å². The summed E-state index contributed by atoms with van der Waals surface area (Å²) in [6, 6.07) is 16.2. The topological polar surface area (TPSA) is 67.0 Å². The average Bonchev–Trinajstić information content (AvgIpc) is 3.36. The second kappa shape index (κ2) is 17.4. The van der Waals surface area contributed by atoms with Gasteiger partial charge >= 0.3 is 0 Å². The number of rotatable bonds is 6. The van der Waals surface area contributed by atoms with Crippen molar-refractivity contribution in [3.8, 4) is 0 Å². The van der Waals surface area contributed by atoms with Gasteiger partial charge in [0.25, 0.3) is 0 Å². The molecule has 9 heteroatoms. The molecule has 0 spiro atoms. The zero-order valence-corrected chi connectivity index (χ0v) is 29.3. The Kier molecular flexibility index (Phi) is 16.8. The largest absolute Gasteiger partial charge is 0.674 e. The molecule has 4 rings (SSSR count). The first-order valence-corrected chi connectivity index (χ1v) is 11.5. The predicted molar refractivity (Wildman–Crippen MR) is 128 cm³/mol. The molecule has 2 aromatic carbocycles. The second-order valence-electron chi connectivity index (χ2n) is 7.20. The van der Waals surface area contributed by atoms with Gasteiger partial charge in [-0.2, -0.15) is 0 Å². The predicted octanol–water partition coefficient (Wildman–Crippen LogP) is 6.00. The number of piperazine rings is 1. The fourth-order valence-corrected chi connectivity index (χ4v) is 4.11. The molecule has 2 N–H and O–H groups in total. The van der Waals surface area contributed by atoms with Crippen LogP contribution in [0.5, 0.6) is 0 Å². The van der Waals surface area contributed by atoms with E-state index in [1.54, 1.807) is 11.3 Å². The third-order valence-electron chi connectivity index (χ3n) is 5.08. The Morgan fingerprint density at radius 2 is 1.28 bits per heavy atom. The summed E-state index contributed by atoms with van der Waals surface area (Å²) in [7, 11) is 0. The molecule has 0 saturated carbocycles. The van der Waals surface area contributed by atoms with Crippen LogP contribution in [0.25, 0.3) is 11.5 Å². The minimum atomic E-state index is 0. The van der Waals surface area contributed by atoms with Crippen molar-refractivity contribution in [2.45, 2.75) is 25.5 Å². The molecule has 1 aliphatic heterocycles. The van der Waals surface area contributed by atoms with Crippen molar-refractivity contribution < 1.29 is 88.1 Å². The maximum absolute atomic E-state index is 7.34. The molecule has 0 aliphatic carbocycles. The van der Waals surface area contributed by atoms with E-state index in [9.17, 15) is 0 Å². The van der Waals surface area contributed by atoms with Gasteiger partial charge in [-0.3, -0.25) is 4.90 Å². The number of nitrogens with one attached hydrogen (secondary N) is 2. The number of benzene rings is 2. The summed E-state index contributed by atoms with van der Waals surface area (Å²) in [4.78, 5) is 9.23. The fraction of sp³-hybridized carbons (Fsp3) is 0.348. The Bertz CT molecular complexity index is 832. The normalized spacial score (nSPS) is 13.4. The maximum Gasteiger partial charge on any atom is 0.185 e. The van der Waals surface area contributed by atoms with Crippen molar-refractivity contribution in [2.24, 2.45) is 0 Å². The first-order valence-electron chi connectivity index (χ1n) is 10.1. The Morgan fingerprint density at radius 1 is 0.781 bits per heavy atom. The number of aromatic nitrogens is 1. The minimum absolute atomic E-state index is 0. The number of alkyl halides is 1. The molecule has 1 aliphatic rings. The molecule has 0 amide bonds. The molecule has 3 aromatic rings. The summed E-state index contributed by atoms with van der Waals surface area (Å²) in [5.41, 5.74) is 18.9. The van der Waals surface area contributed by atoms with Crippen LogP contribution in [0.3, 0.4) is 0 Å². The molecule has 2 heterocycles. The Balaban J connectivity index is 0.000000366. The van der Waals surface area contributed by atoms with Crippen LogP contribution in [0.4, 0.5) is 5.13 Å². The van der Waals surface area contributed by atoms with E-state index in [1.807, 2.05) is 35.8 Å². The molecule has 5 nitrogen and oxygen atoms in total. The van der Waals surface area contributed by atoms with Gasteiger partial charge in [0.05, 0.1) is 0 Å². The summed E-state index contributed by atoms with van der Waals surface area (Å²) in [6.07, 6.45) is 1.88. The van der Waals surface area contributed by atoms with Crippen LogP contribution < -0.4 is 4.90 Å². The third-order valence-corrected chi connectivity index (χ3v) is 6.22. The van der Waals surface area contributed by atoms with Gasteiger partial charge in [0, 0.05) is 138 Å². The summed E-state index contributed by atoms with van der Waals surface area (Å²) in [6.45, 7) is 6.00. The van der Waals surface area contributed by atoms with Crippen molar-refractivity contribution in [1.82, 2.24) is 9.88 Å². The van der Waals surface area contributed by atoms with Gasteiger partial charge in [0.2, 0.25) is 0 Å². The molecule has 0 atom stereocenters. The van der Waals surface area contributed by atoms with E-state index in [-0.39, 0.29) is 88.1 Å². The van der Waals surface area contributed by atoms with Crippen molar-refractivity contribution in [3.05, 3.63) is 93.8 Å². The monoisotopic (exact) mass is 895 g/mol. The molecule has 1 saturated heterocycles. The van der Waals surface area contributed by atoms with Gasteiger partial charge in [-0.1, -0.05) is 59.7 Å². The van der Waals surface area contributed by atoms with Crippen molar-refractivity contribution in [1.29, 1.82) is 0 Å². The molecule has 32 heavy (non-hydrogen) atoms. The third kappa shape index (κ3) is 10.3. The molecule has 1 aromatic heterocycles. The minimum Gasteiger partial charge on any atom is -0.674 e. The standard InChI is InChI=1S/C15H19N4S.C8H9ClN.2Ac/c16-11-13-1-3-14(4-2-13)12-18-6-8-19(9-7-18)15-17-5-10-20-15;9-5-7-1-3-8(6-10)4-2-7;;/h1-5,10,16H,6-9,11-12H2;1-4,10H,5-6H2;;/q2*-1;;. The molecule has 2 radical (unpaired) electrons. The molecule has 166 valence electrons. The summed E-state index contributed by atoms with van der Waals surface area (Å²) >= 11 is 7.29. The van der Waals surface area contributed by atoms with Crippen LogP contribution >= 0.6 is 22.9 Å². The number of anilines is 1. The summed E-state index contributed by atoms with van der Waals surface area (Å²) in [5.74, 6) is 0.554. The number of halogens is 1. The number of hydrogen-bond donors (Lipinski definition) is 0. The Morgan fingerprint density at radius 3 is 1.72 bits per heavy atom. The zero-order chi connectivity index (χ0) is 21.2. The SMILES string of the molecule is [Ac].[Ac].[NH-]Cc1ccc(CCl)cc1.[NH-]Cc1ccc(CN2CCN(c3nccs3)CC2)cc1. The van der Waals surface area contributed by atoms with Gasteiger partial charge in [0.15, 0.2) is 5.13 Å². The van der Waals surface area contributed by atoms with E-state index in [4.69, 9.17) is 23.1 Å². The van der Waals surface area contributed by atoms with Gasteiger partial charge in [0.1, 0.15) is 0 Å². The van der Waals surface area contributed by atoms with Crippen LogP contribution in [-0.2, 0) is 25.5 Å². The van der Waals surface area contributed by atoms with Gasteiger partial charge < -0.3 is 16.4 Å². The first kappa shape index (κ1) is 31.0. The Hall–Kier alpha value is 0.923. The number of hydrogen-bond acceptors (Lipinski definition) is 4. The fourth-order valence-electron chi connectivity index (χ4n) is 3.24. The summed E-state index contributed by atoms with van der Waals surface area (Å²) < 4.78 is 0. The number of thiazole rings is 1. The van der Waals surface area contributed by atoms with E-state index in [0.717, 1.165) is 54.5 Å². The first-order chi connectivity index (χ1) is 14.7. The van der Waals surface area contributed by atoms with E-state index in [0.29, 0.717) is 19.0 Å². The van der Waals surface area contributed by atoms with Crippen molar-refractivity contribution in [2.75, 3.05) is 31.1 Å². The zero-order valence-electron chi connectivity index (χ0n) is 18.2.